The number of ether oxygens (including phenoxy) is 1. The van der Waals surface area contributed by atoms with Crippen LogP contribution in [-0.2, 0) is 16.1 Å². The van der Waals surface area contributed by atoms with Crippen LogP contribution in [-0.4, -0.2) is 11.0 Å². The van der Waals surface area contributed by atoms with E-state index < -0.39 is 0 Å². The number of carbonyl (C=O) groups is 1. The Morgan fingerprint density at radius 3 is 3.07 bits per heavy atom. The fourth-order valence-electron chi connectivity index (χ4n) is 1.79. The maximum absolute atomic E-state index is 11.5. The van der Waals surface area contributed by atoms with E-state index in [0.717, 1.165) is 11.3 Å². The van der Waals surface area contributed by atoms with E-state index in [0.29, 0.717) is 6.61 Å². The average molecular weight is 191 g/mol. The van der Waals surface area contributed by atoms with Crippen LogP contribution in [0.15, 0.2) is 18.3 Å². The zero-order chi connectivity index (χ0) is 10.1. The summed E-state index contributed by atoms with van der Waals surface area (Å²) in [5.74, 6) is -0.109. The second kappa shape index (κ2) is 3.40. The minimum atomic E-state index is -0.194. The largest absolute Gasteiger partial charge is 0.460 e. The van der Waals surface area contributed by atoms with Crippen molar-refractivity contribution in [2.45, 2.75) is 26.4 Å². The highest BCUT2D eigenvalue weighted by Crippen LogP contribution is 2.31. The van der Waals surface area contributed by atoms with Crippen LogP contribution >= 0.6 is 0 Å². The molecule has 0 fully saturated rings. The van der Waals surface area contributed by atoms with Crippen LogP contribution in [0.1, 0.15) is 31.0 Å². The molecule has 0 N–H and O–H groups in total. The van der Waals surface area contributed by atoms with Gasteiger partial charge < -0.3 is 4.74 Å². The second-order valence-electron chi connectivity index (χ2n) is 3.88. The summed E-state index contributed by atoms with van der Waals surface area (Å²) in [5.41, 5.74) is 1.92. The molecule has 1 aromatic rings. The van der Waals surface area contributed by atoms with Gasteiger partial charge in [0, 0.05) is 11.8 Å². The Balaban J connectivity index is 2.46. The van der Waals surface area contributed by atoms with Gasteiger partial charge in [-0.1, -0.05) is 19.9 Å². The van der Waals surface area contributed by atoms with Crippen LogP contribution in [0.2, 0.25) is 0 Å². The topological polar surface area (TPSA) is 39.2 Å². The van der Waals surface area contributed by atoms with Crippen LogP contribution in [0.25, 0.3) is 0 Å². The first-order chi connectivity index (χ1) is 6.70. The molecule has 0 aliphatic carbocycles. The molecule has 14 heavy (non-hydrogen) atoms. The lowest BCUT2D eigenvalue weighted by atomic mass is 9.88. The molecule has 0 radical (unpaired) electrons. The SMILES string of the molecule is CC(C)C1C(=O)OCc2cccnc21. The van der Waals surface area contributed by atoms with E-state index in [-0.39, 0.29) is 17.8 Å². The molecule has 0 amide bonds. The number of hydrogen-bond donors (Lipinski definition) is 0. The quantitative estimate of drug-likeness (QED) is 0.636. The first-order valence-corrected chi connectivity index (χ1v) is 4.80. The monoisotopic (exact) mass is 191 g/mol. The molecule has 1 atom stereocenters. The highest BCUT2D eigenvalue weighted by atomic mass is 16.5. The van der Waals surface area contributed by atoms with E-state index in [9.17, 15) is 4.79 Å². The van der Waals surface area contributed by atoms with Gasteiger partial charge in [-0.15, -0.1) is 0 Å². The maximum atomic E-state index is 11.5. The van der Waals surface area contributed by atoms with Crippen LogP contribution in [0.4, 0.5) is 0 Å². The van der Waals surface area contributed by atoms with Crippen LogP contribution in [0.3, 0.4) is 0 Å². The van der Waals surface area contributed by atoms with Crippen molar-refractivity contribution in [3.8, 4) is 0 Å². The minimum Gasteiger partial charge on any atom is -0.460 e. The molecule has 0 spiro atoms. The molecule has 3 nitrogen and oxygen atoms in total. The number of pyridine rings is 1. The van der Waals surface area contributed by atoms with E-state index in [4.69, 9.17) is 4.74 Å². The molecule has 0 saturated heterocycles. The number of carbonyl (C=O) groups excluding carboxylic acids is 1. The van der Waals surface area contributed by atoms with Crippen LogP contribution in [0, 0.1) is 5.92 Å². The fraction of sp³-hybridized carbons (Fsp3) is 0.455. The molecule has 1 aliphatic rings. The summed E-state index contributed by atoms with van der Waals surface area (Å²) in [6.07, 6.45) is 1.73. The molecule has 2 heterocycles. The van der Waals surface area contributed by atoms with Gasteiger partial charge in [-0.2, -0.15) is 0 Å². The Bertz CT molecular complexity index is 360. The van der Waals surface area contributed by atoms with Gasteiger partial charge in [-0.25, -0.2) is 0 Å². The number of aromatic nitrogens is 1. The lowest BCUT2D eigenvalue weighted by Crippen LogP contribution is -2.27. The number of nitrogens with zero attached hydrogens (tertiary/aromatic N) is 1. The standard InChI is InChI=1S/C11H13NO2/c1-7(2)9-10-8(4-3-5-12-10)6-14-11(9)13/h3-5,7,9H,6H2,1-2H3. The third-order valence-corrected chi connectivity index (χ3v) is 2.51. The first kappa shape index (κ1) is 9.19. The normalized spacial score (nSPS) is 20.5. The zero-order valence-electron chi connectivity index (χ0n) is 8.36. The fourth-order valence-corrected chi connectivity index (χ4v) is 1.79. The van der Waals surface area contributed by atoms with Crippen molar-refractivity contribution < 1.29 is 9.53 Å². The van der Waals surface area contributed by atoms with Gasteiger partial charge in [0.05, 0.1) is 5.69 Å². The Morgan fingerprint density at radius 2 is 2.36 bits per heavy atom. The summed E-state index contributed by atoms with van der Waals surface area (Å²) in [6.45, 7) is 4.39. The number of hydrogen-bond acceptors (Lipinski definition) is 3. The number of esters is 1. The Kier molecular flexibility index (Phi) is 2.23. The lowest BCUT2D eigenvalue weighted by Gasteiger charge is -2.25. The van der Waals surface area contributed by atoms with Crippen molar-refractivity contribution in [2.24, 2.45) is 5.92 Å². The molecular formula is C11H13NO2. The van der Waals surface area contributed by atoms with E-state index in [1.807, 2.05) is 26.0 Å². The summed E-state index contributed by atoms with van der Waals surface area (Å²) < 4.78 is 5.10. The highest BCUT2D eigenvalue weighted by Gasteiger charge is 2.32. The summed E-state index contributed by atoms with van der Waals surface area (Å²) in [5, 5.41) is 0. The van der Waals surface area contributed by atoms with E-state index in [1.54, 1.807) is 6.20 Å². The molecule has 0 aromatic carbocycles. The zero-order valence-corrected chi connectivity index (χ0v) is 8.36. The third kappa shape index (κ3) is 1.39. The van der Waals surface area contributed by atoms with Crippen molar-refractivity contribution in [1.29, 1.82) is 0 Å². The van der Waals surface area contributed by atoms with E-state index >= 15 is 0 Å². The van der Waals surface area contributed by atoms with Gasteiger partial charge in [-0.05, 0) is 12.0 Å². The number of cyclic esters (lactones) is 1. The minimum absolute atomic E-state index is 0.147. The Hall–Kier alpha value is -1.38. The molecule has 74 valence electrons. The van der Waals surface area contributed by atoms with Crippen LogP contribution < -0.4 is 0 Å². The van der Waals surface area contributed by atoms with Crippen molar-refractivity contribution in [2.75, 3.05) is 0 Å². The second-order valence-corrected chi connectivity index (χ2v) is 3.88. The van der Waals surface area contributed by atoms with Gasteiger partial charge in [0.25, 0.3) is 0 Å². The Labute approximate surface area is 83.1 Å². The molecule has 1 aliphatic heterocycles. The molecule has 0 saturated carbocycles. The predicted octanol–water partition coefficient (Wildman–Crippen LogP) is 1.88. The maximum Gasteiger partial charge on any atom is 0.315 e. The van der Waals surface area contributed by atoms with Crippen molar-refractivity contribution in [3.63, 3.8) is 0 Å². The van der Waals surface area contributed by atoms with Crippen molar-refractivity contribution >= 4 is 5.97 Å². The molecular weight excluding hydrogens is 178 g/mol. The van der Waals surface area contributed by atoms with Crippen LogP contribution in [0.5, 0.6) is 0 Å². The predicted molar refractivity (Wildman–Crippen MR) is 51.6 cm³/mol. The van der Waals surface area contributed by atoms with Gasteiger partial charge in [-0.3, -0.25) is 9.78 Å². The summed E-state index contributed by atoms with van der Waals surface area (Å²) >= 11 is 0. The molecule has 1 aromatic heterocycles. The number of fused-ring (bicyclic) bond motifs is 1. The lowest BCUT2D eigenvalue weighted by molar-refractivity contribution is -0.149. The summed E-state index contributed by atoms with van der Waals surface area (Å²) in [6, 6.07) is 3.83. The van der Waals surface area contributed by atoms with Gasteiger partial charge in [0.2, 0.25) is 0 Å². The average Bonchev–Trinajstić information content (AvgIpc) is 2.17. The number of rotatable bonds is 1. The molecule has 2 rings (SSSR count). The van der Waals surface area contributed by atoms with Gasteiger partial charge >= 0.3 is 5.97 Å². The van der Waals surface area contributed by atoms with Crippen molar-refractivity contribution in [1.82, 2.24) is 4.98 Å². The molecule has 0 bridgehead atoms. The molecule has 1 unspecified atom stereocenters. The van der Waals surface area contributed by atoms with E-state index in [1.165, 1.54) is 0 Å². The third-order valence-electron chi connectivity index (χ3n) is 2.51. The first-order valence-electron chi connectivity index (χ1n) is 4.80. The van der Waals surface area contributed by atoms with Crippen molar-refractivity contribution in [3.05, 3.63) is 29.6 Å². The Morgan fingerprint density at radius 1 is 1.57 bits per heavy atom. The molecule has 3 heteroatoms. The summed E-state index contributed by atoms with van der Waals surface area (Å²) in [7, 11) is 0. The summed E-state index contributed by atoms with van der Waals surface area (Å²) in [4.78, 5) is 15.8. The highest BCUT2D eigenvalue weighted by molar-refractivity contribution is 5.79. The van der Waals surface area contributed by atoms with Gasteiger partial charge in [0.15, 0.2) is 0 Å². The van der Waals surface area contributed by atoms with E-state index in [2.05, 4.69) is 4.98 Å². The van der Waals surface area contributed by atoms with Gasteiger partial charge in [0.1, 0.15) is 12.5 Å². The smallest absolute Gasteiger partial charge is 0.315 e.